The molecule has 0 radical (unpaired) electrons. The van der Waals surface area contributed by atoms with Crippen LogP contribution in [0.5, 0.6) is 0 Å². The molecule has 39 heteroatoms. The minimum atomic E-state index is -3.25. The molecule has 0 aromatic heterocycles. The zero-order valence-corrected chi connectivity index (χ0v) is 67.1. The summed E-state index contributed by atoms with van der Waals surface area (Å²) in [6.07, 6.45) is -29.0. The van der Waals surface area contributed by atoms with Gasteiger partial charge in [0.1, 0.15) is 140 Å². The van der Waals surface area contributed by atoms with E-state index in [1.165, 1.54) is 96.3 Å². The lowest BCUT2D eigenvalue weighted by atomic mass is 9.88. The summed E-state index contributed by atoms with van der Waals surface area (Å²) in [5.74, 6) is -7.50. The number of aliphatic hydroxyl groups excluding tert-OH is 19. The zero-order chi connectivity index (χ0) is 85.3. The van der Waals surface area contributed by atoms with Crippen LogP contribution in [0.1, 0.15) is 201 Å². The maximum atomic E-state index is 13.5. The zero-order valence-electron chi connectivity index (χ0n) is 67.1. The molecule has 6 fully saturated rings. The molecule has 6 saturated heterocycles. The lowest BCUT2D eigenvalue weighted by molar-refractivity contribution is -0.392. The van der Waals surface area contributed by atoms with Gasteiger partial charge in [-0.3, -0.25) is 14.4 Å². The maximum absolute atomic E-state index is 13.5. The lowest BCUT2D eigenvalue weighted by Crippen LogP contribution is -2.71. The van der Waals surface area contributed by atoms with Gasteiger partial charge in [-0.2, -0.15) is 0 Å². The largest absolute Gasteiger partial charge is 0.477 e. The average Bonchev–Trinajstić information content (AvgIpc) is 0.758. The van der Waals surface area contributed by atoms with Crippen LogP contribution in [0.2, 0.25) is 0 Å². The first-order valence-corrected chi connectivity index (χ1v) is 41.6. The molecule has 23 N–H and O–H groups in total. The number of carboxylic acids is 1. The van der Waals surface area contributed by atoms with Gasteiger partial charge in [0, 0.05) is 26.7 Å². The minimum absolute atomic E-state index is 0.167. The summed E-state index contributed by atoms with van der Waals surface area (Å²) >= 11 is 0. The van der Waals surface area contributed by atoms with E-state index < -0.39 is 272 Å². The van der Waals surface area contributed by atoms with E-state index in [1.54, 1.807) is 6.08 Å². The first-order valence-electron chi connectivity index (χ1n) is 41.6. The van der Waals surface area contributed by atoms with Crippen molar-refractivity contribution in [2.75, 3.05) is 46.2 Å². The molecule has 33 atom stereocenters. The Bertz CT molecular complexity index is 2800. The van der Waals surface area contributed by atoms with Crippen LogP contribution < -0.4 is 16.0 Å². The summed E-state index contributed by atoms with van der Waals surface area (Å²) in [5, 5.41) is 231. The third-order valence-corrected chi connectivity index (χ3v) is 22.2. The highest BCUT2D eigenvalue weighted by Crippen LogP contribution is 2.41. The molecule has 6 heterocycles. The Morgan fingerprint density at radius 3 is 1.30 bits per heavy atom. The Hall–Kier alpha value is -3.62. The van der Waals surface area contributed by atoms with E-state index in [0.29, 0.717) is 12.8 Å². The number of carbonyl (C=O) groups excluding carboxylic acids is 3. The second-order valence-corrected chi connectivity index (χ2v) is 31.4. The third kappa shape index (κ3) is 29.3. The van der Waals surface area contributed by atoms with Crippen LogP contribution in [0.3, 0.4) is 0 Å². The normalized spacial score (nSPS) is 36.9. The molecule has 0 unspecified atom stereocenters. The van der Waals surface area contributed by atoms with Gasteiger partial charge in [-0.1, -0.05) is 167 Å². The molecule has 0 aromatic rings. The number of carbonyl (C=O) groups is 4. The molecule has 676 valence electrons. The summed E-state index contributed by atoms with van der Waals surface area (Å²) in [6.45, 7) is -0.697. The summed E-state index contributed by atoms with van der Waals surface area (Å²) < 4.78 is 70.5. The van der Waals surface area contributed by atoms with Crippen molar-refractivity contribution in [2.45, 2.75) is 403 Å². The number of amides is 3. The summed E-state index contributed by atoms with van der Waals surface area (Å²) in [5.41, 5.74) is 0. The highest BCUT2D eigenvalue weighted by Gasteiger charge is 2.62. The molecule has 0 bridgehead atoms. The molecular formula is C77H137N3O36. The number of aliphatic carboxylic acids is 1. The molecule has 0 aromatic carbocycles. The number of rotatable bonds is 53. The average molecular weight is 1680 g/mol. The van der Waals surface area contributed by atoms with E-state index in [4.69, 9.17) is 56.8 Å². The van der Waals surface area contributed by atoms with Crippen LogP contribution >= 0.6 is 0 Å². The molecule has 0 saturated carbocycles. The first kappa shape index (κ1) is 101. The quantitative estimate of drug-likeness (QED) is 0.0204. The predicted molar refractivity (Wildman–Crippen MR) is 402 cm³/mol. The van der Waals surface area contributed by atoms with Crippen molar-refractivity contribution in [1.82, 2.24) is 16.0 Å². The molecule has 116 heavy (non-hydrogen) atoms. The van der Waals surface area contributed by atoms with E-state index in [-0.39, 0.29) is 12.3 Å². The molecule has 0 aliphatic carbocycles. The number of allylic oxidation sites excluding steroid dienone is 1. The van der Waals surface area contributed by atoms with Gasteiger partial charge in [0.25, 0.3) is 5.79 Å². The molecule has 0 spiro atoms. The minimum Gasteiger partial charge on any atom is -0.477 e. The van der Waals surface area contributed by atoms with Crippen molar-refractivity contribution in [1.29, 1.82) is 0 Å². The van der Waals surface area contributed by atoms with Gasteiger partial charge in [0.05, 0.1) is 70.5 Å². The molecule has 39 nitrogen and oxygen atoms in total. The number of nitrogens with one attached hydrogen (secondary N) is 3. The molecule has 6 aliphatic heterocycles. The van der Waals surface area contributed by atoms with E-state index in [1.807, 2.05) is 6.08 Å². The van der Waals surface area contributed by atoms with Gasteiger partial charge >= 0.3 is 5.97 Å². The van der Waals surface area contributed by atoms with Gasteiger partial charge in [0.15, 0.2) is 31.5 Å². The Morgan fingerprint density at radius 1 is 0.448 bits per heavy atom. The number of hydrogen-bond donors (Lipinski definition) is 23. The topological polar surface area (TPSA) is 620 Å². The van der Waals surface area contributed by atoms with E-state index in [2.05, 4.69) is 29.8 Å². The van der Waals surface area contributed by atoms with Gasteiger partial charge < -0.3 is 175 Å². The molecule has 6 aliphatic rings. The highest BCUT2D eigenvalue weighted by molar-refractivity contribution is 5.77. The van der Waals surface area contributed by atoms with Gasteiger partial charge in [-0.15, -0.1) is 0 Å². The van der Waals surface area contributed by atoms with Crippen LogP contribution in [0, 0.1) is 0 Å². The SMILES string of the molecule is CCCCCCCCCCCCC/C=C/[C@@H](O)[C@H](CO[C@@H]1O[C@H](CO)[C@@H](O[C@@H]2O[C@H](CO)[C@H](O[C@H]3O[C@H](CO)[C@H](O)[C@H](O[C@@H]4O[C@H](CO)[C@H](O)[C@H](O[C@@H]5O[C@H](CO)[C@H](O)[C@H](O[C@]6(C(=O)O)C[C@H](O)[C@@H](NC(C)=O)[C@H]([C@H](O)[C@H](O)CO)O6)[C@H]5O)[C@H]4NC(C)=O)[C@H]3O)[C@H](O)[C@H]2O)[C@H](O)[C@H]1O)NC(=O)CCCCCCCCCCCCCCC. The van der Waals surface area contributed by atoms with Crippen LogP contribution in [0.4, 0.5) is 0 Å². The monoisotopic (exact) mass is 1680 g/mol. The maximum Gasteiger partial charge on any atom is 0.364 e. The lowest BCUT2D eigenvalue weighted by Gasteiger charge is -2.51. The number of hydrogen-bond acceptors (Lipinski definition) is 35. The third-order valence-electron chi connectivity index (χ3n) is 22.2. The van der Waals surface area contributed by atoms with Crippen LogP contribution in [-0.4, -0.2) is 374 Å². The summed E-state index contributed by atoms with van der Waals surface area (Å²) in [7, 11) is 0. The highest BCUT2D eigenvalue weighted by atomic mass is 16.8. The standard InChI is InChI=1S/C77H137N3O36/c1-5-7-9-11-13-15-17-19-21-23-25-27-29-31-44(89)43(80-52(92)32-30-28-26-24-22-20-18-16-14-12-10-8-6-2)40-105-72-61(99)59(97)65(50(38-85)109-72)111-73-62(100)60(98)66(51(39-86)110-73)112-74-63(101)69(57(95)48(36-83)107-74)114-71-54(79-42(4)88)67(56(94)47(35-82)106-71)113-75-64(102)70(58(96)49(37-84)108-75)116-77(76(103)104)33-45(90)53(78-41(3)87)68(115-77)55(93)46(91)34-81/h29,31,43-51,53-75,81-86,89-91,93-102H,5-28,30,32-40H2,1-4H3,(H,78,87)(H,79,88)(H,80,92)(H,103,104)/b31-29+/t43-,44+,45-,46+,47+,48+,49+,50+,51+,53+,54+,55+,56-,57-,58-,59+,60+,61+,62+,63+,64+,65+,66-,67+,68+,69-,70-,71-,72+,73-,74+,75-,77-/m0/s1. The summed E-state index contributed by atoms with van der Waals surface area (Å²) in [4.78, 5) is 52.0. The number of carboxylic acid groups (broad SMARTS) is 1. The van der Waals surface area contributed by atoms with Gasteiger partial charge in [0.2, 0.25) is 17.7 Å². The van der Waals surface area contributed by atoms with E-state index in [0.717, 1.165) is 65.2 Å². The Kier molecular flexibility index (Phi) is 45.5. The Labute approximate surface area is 676 Å². The van der Waals surface area contributed by atoms with Gasteiger partial charge in [-0.25, -0.2) is 4.79 Å². The fourth-order valence-corrected chi connectivity index (χ4v) is 15.4. The van der Waals surface area contributed by atoms with E-state index >= 15 is 0 Å². The van der Waals surface area contributed by atoms with Crippen molar-refractivity contribution in [2.24, 2.45) is 0 Å². The van der Waals surface area contributed by atoms with Crippen LogP contribution in [0.25, 0.3) is 0 Å². The molecule has 6 rings (SSSR count). The van der Waals surface area contributed by atoms with Crippen molar-refractivity contribution < 1.29 is 178 Å². The van der Waals surface area contributed by atoms with E-state index in [9.17, 15) is 121 Å². The predicted octanol–water partition coefficient (Wildman–Crippen LogP) is -4.00. The summed E-state index contributed by atoms with van der Waals surface area (Å²) in [6, 6.07) is -4.72. The van der Waals surface area contributed by atoms with Gasteiger partial charge in [-0.05, 0) is 19.3 Å². The Morgan fingerprint density at radius 2 is 0.836 bits per heavy atom. The number of aliphatic hydroxyl groups is 19. The number of unbranched alkanes of at least 4 members (excludes halogenated alkanes) is 23. The van der Waals surface area contributed by atoms with Crippen molar-refractivity contribution in [3.8, 4) is 0 Å². The molecule has 3 amide bonds. The van der Waals surface area contributed by atoms with Crippen LogP contribution in [0.15, 0.2) is 12.2 Å². The van der Waals surface area contributed by atoms with Crippen LogP contribution in [-0.2, 0) is 76.0 Å². The first-order chi connectivity index (χ1) is 55.5. The molecular weight excluding hydrogens is 1540 g/mol. The second kappa shape index (κ2) is 52.1. The Balaban J connectivity index is 1.12. The van der Waals surface area contributed by atoms with Crippen molar-refractivity contribution in [3.63, 3.8) is 0 Å². The second-order valence-electron chi connectivity index (χ2n) is 31.4. The fourth-order valence-electron chi connectivity index (χ4n) is 15.4. The van der Waals surface area contributed by atoms with Crippen molar-refractivity contribution in [3.05, 3.63) is 12.2 Å². The fraction of sp³-hybridized carbons (Fsp3) is 0.922. The van der Waals surface area contributed by atoms with Crippen molar-refractivity contribution >= 4 is 23.7 Å². The smallest absolute Gasteiger partial charge is 0.364 e. The number of ether oxygens (including phenoxy) is 12.